The zero-order valence-electron chi connectivity index (χ0n) is 12.8. The number of carboxylic acid groups (broad SMARTS) is 1. The number of hydrogen-bond acceptors (Lipinski definition) is 3. The average Bonchev–Trinajstić information content (AvgIpc) is 2.49. The van der Waals surface area contributed by atoms with Crippen LogP contribution in [-0.4, -0.2) is 26.0 Å². The maximum atomic E-state index is 12.1. The Morgan fingerprint density at radius 1 is 1.13 bits per heavy atom. The Kier molecular flexibility index (Phi) is 5.52. The van der Waals surface area contributed by atoms with Crippen LogP contribution in [0, 0.1) is 6.92 Å². The second kappa shape index (κ2) is 7.39. The molecule has 122 valence electrons. The fourth-order valence-corrected chi connectivity index (χ4v) is 3.49. The van der Waals surface area contributed by atoms with Crippen LogP contribution in [0.1, 0.15) is 27.0 Å². The predicted octanol–water partition coefficient (Wildman–Crippen LogP) is 2.36. The molecule has 0 unspecified atom stereocenters. The molecule has 0 radical (unpaired) electrons. The SMILES string of the molecule is Cc1ccccc1CS(=O)(=O)NCCc1cccc(C(=O)O)c1. The van der Waals surface area contributed by atoms with Gasteiger partial charge in [-0.25, -0.2) is 17.9 Å². The van der Waals surface area contributed by atoms with Crippen molar-refractivity contribution in [2.24, 2.45) is 0 Å². The maximum absolute atomic E-state index is 12.1. The second-order valence-corrected chi connectivity index (χ2v) is 7.14. The summed E-state index contributed by atoms with van der Waals surface area (Å²) in [7, 11) is -3.42. The molecule has 6 heteroatoms. The van der Waals surface area contributed by atoms with E-state index in [0.717, 1.165) is 16.7 Å². The van der Waals surface area contributed by atoms with Gasteiger partial charge in [-0.15, -0.1) is 0 Å². The van der Waals surface area contributed by atoms with Gasteiger partial charge in [0.1, 0.15) is 0 Å². The number of benzene rings is 2. The van der Waals surface area contributed by atoms with Gasteiger partial charge in [0.2, 0.25) is 10.0 Å². The Morgan fingerprint density at radius 2 is 1.87 bits per heavy atom. The third-order valence-electron chi connectivity index (χ3n) is 3.52. The normalized spacial score (nSPS) is 11.3. The van der Waals surface area contributed by atoms with Gasteiger partial charge in [-0.3, -0.25) is 0 Å². The first-order chi connectivity index (χ1) is 10.9. The van der Waals surface area contributed by atoms with E-state index in [-0.39, 0.29) is 17.9 Å². The van der Waals surface area contributed by atoms with E-state index in [1.54, 1.807) is 24.3 Å². The van der Waals surface area contributed by atoms with Crippen molar-refractivity contribution >= 4 is 16.0 Å². The molecule has 0 atom stereocenters. The fraction of sp³-hybridized carbons (Fsp3) is 0.235. The van der Waals surface area contributed by atoms with Crippen LogP contribution >= 0.6 is 0 Å². The summed E-state index contributed by atoms with van der Waals surface area (Å²) in [5.41, 5.74) is 2.69. The Bertz CT molecular complexity index is 800. The van der Waals surface area contributed by atoms with Crippen LogP contribution in [0.4, 0.5) is 0 Å². The van der Waals surface area contributed by atoms with Crippen LogP contribution in [0.5, 0.6) is 0 Å². The molecule has 23 heavy (non-hydrogen) atoms. The maximum Gasteiger partial charge on any atom is 0.335 e. The molecular formula is C17H19NO4S. The summed E-state index contributed by atoms with van der Waals surface area (Å²) in [4.78, 5) is 10.9. The lowest BCUT2D eigenvalue weighted by Crippen LogP contribution is -2.27. The first-order valence-corrected chi connectivity index (χ1v) is 8.87. The second-order valence-electron chi connectivity index (χ2n) is 5.34. The van der Waals surface area contributed by atoms with E-state index in [9.17, 15) is 13.2 Å². The quantitative estimate of drug-likeness (QED) is 0.815. The predicted molar refractivity (Wildman–Crippen MR) is 88.9 cm³/mol. The number of carboxylic acids is 1. The molecule has 2 aromatic rings. The number of sulfonamides is 1. The van der Waals surface area contributed by atoms with E-state index in [2.05, 4.69) is 4.72 Å². The molecular weight excluding hydrogens is 314 g/mol. The molecule has 0 aliphatic rings. The molecule has 0 aliphatic heterocycles. The van der Waals surface area contributed by atoms with E-state index in [1.165, 1.54) is 6.07 Å². The molecule has 0 aromatic heterocycles. The summed E-state index contributed by atoms with van der Waals surface area (Å²) < 4.78 is 26.8. The van der Waals surface area contributed by atoms with Crippen molar-refractivity contribution in [2.75, 3.05) is 6.54 Å². The van der Waals surface area contributed by atoms with Gasteiger partial charge in [0.15, 0.2) is 0 Å². The monoisotopic (exact) mass is 333 g/mol. The summed E-state index contributed by atoms with van der Waals surface area (Å²) in [5.74, 6) is -1.05. The third-order valence-corrected chi connectivity index (χ3v) is 4.85. The van der Waals surface area contributed by atoms with Crippen LogP contribution in [-0.2, 0) is 22.2 Å². The van der Waals surface area contributed by atoms with Gasteiger partial charge in [0, 0.05) is 6.54 Å². The van der Waals surface area contributed by atoms with E-state index in [4.69, 9.17) is 5.11 Å². The zero-order valence-corrected chi connectivity index (χ0v) is 13.6. The lowest BCUT2D eigenvalue weighted by Gasteiger charge is -2.09. The number of nitrogens with one attached hydrogen (secondary N) is 1. The molecule has 0 bridgehead atoms. The average molecular weight is 333 g/mol. The van der Waals surface area contributed by atoms with Crippen molar-refractivity contribution in [3.8, 4) is 0 Å². The van der Waals surface area contributed by atoms with Gasteiger partial charge in [-0.05, 0) is 42.2 Å². The Balaban J connectivity index is 1.94. The molecule has 0 saturated carbocycles. The van der Waals surface area contributed by atoms with Crippen LogP contribution in [0.15, 0.2) is 48.5 Å². The van der Waals surface area contributed by atoms with Crippen LogP contribution in [0.25, 0.3) is 0 Å². The summed E-state index contributed by atoms with van der Waals surface area (Å²) in [6.07, 6.45) is 0.439. The number of rotatable bonds is 7. The van der Waals surface area contributed by atoms with Crippen LogP contribution in [0.2, 0.25) is 0 Å². The molecule has 5 nitrogen and oxygen atoms in total. The lowest BCUT2D eigenvalue weighted by molar-refractivity contribution is 0.0696. The highest BCUT2D eigenvalue weighted by Crippen LogP contribution is 2.11. The molecule has 0 fully saturated rings. The largest absolute Gasteiger partial charge is 0.478 e. The highest BCUT2D eigenvalue weighted by atomic mass is 32.2. The third kappa shape index (κ3) is 5.19. The van der Waals surface area contributed by atoms with Gasteiger partial charge in [-0.2, -0.15) is 0 Å². The lowest BCUT2D eigenvalue weighted by atomic mass is 10.1. The first kappa shape index (κ1) is 17.2. The molecule has 2 N–H and O–H groups in total. The van der Waals surface area contributed by atoms with E-state index >= 15 is 0 Å². The molecule has 0 saturated heterocycles. The van der Waals surface area contributed by atoms with Crippen molar-refractivity contribution in [3.05, 3.63) is 70.8 Å². The molecule has 2 aromatic carbocycles. The van der Waals surface area contributed by atoms with Crippen molar-refractivity contribution < 1.29 is 18.3 Å². The zero-order chi connectivity index (χ0) is 16.9. The molecule has 0 amide bonds. The highest BCUT2D eigenvalue weighted by Gasteiger charge is 2.12. The number of aromatic carboxylic acids is 1. The minimum absolute atomic E-state index is 0.0607. The van der Waals surface area contributed by atoms with Crippen molar-refractivity contribution in [2.45, 2.75) is 19.1 Å². The van der Waals surface area contributed by atoms with Crippen LogP contribution in [0.3, 0.4) is 0 Å². The Hall–Kier alpha value is -2.18. The van der Waals surface area contributed by atoms with Crippen molar-refractivity contribution in [1.29, 1.82) is 0 Å². The standard InChI is InChI=1S/C17H19NO4S/c1-13-5-2-3-7-16(13)12-23(21,22)18-10-9-14-6-4-8-15(11-14)17(19)20/h2-8,11,18H,9-10,12H2,1H3,(H,19,20). The van der Waals surface area contributed by atoms with Crippen molar-refractivity contribution in [3.63, 3.8) is 0 Å². The van der Waals surface area contributed by atoms with E-state index in [0.29, 0.717) is 6.42 Å². The highest BCUT2D eigenvalue weighted by molar-refractivity contribution is 7.88. The topological polar surface area (TPSA) is 83.5 Å². The number of aryl methyl sites for hydroxylation is 1. The van der Waals surface area contributed by atoms with Gasteiger partial charge >= 0.3 is 5.97 Å². The number of carbonyl (C=O) groups is 1. The van der Waals surface area contributed by atoms with Gasteiger partial charge in [0.05, 0.1) is 11.3 Å². The van der Waals surface area contributed by atoms with E-state index in [1.807, 2.05) is 25.1 Å². The van der Waals surface area contributed by atoms with Gasteiger partial charge in [0.25, 0.3) is 0 Å². The van der Waals surface area contributed by atoms with Crippen LogP contribution < -0.4 is 4.72 Å². The summed E-state index contributed by atoms with van der Waals surface area (Å²) in [6.45, 7) is 2.11. The van der Waals surface area contributed by atoms with E-state index < -0.39 is 16.0 Å². The minimum Gasteiger partial charge on any atom is -0.478 e. The van der Waals surface area contributed by atoms with Gasteiger partial charge in [-0.1, -0.05) is 36.4 Å². The molecule has 0 aliphatic carbocycles. The van der Waals surface area contributed by atoms with Crippen molar-refractivity contribution in [1.82, 2.24) is 4.72 Å². The number of hydrogen-bond donors (Lipinski definition) is 2. The molecule has 0 heterocycles. The summed E-state index contributed by atoms with van der Waals surface area (Å²) in [5, 5.41) is 8.94. The molecule has 0 spiro atoms. The minimum atomic E-state index is -3.42. The Morgan fingerprint density at radius 3 is 2.57 bits per heavy atom. The first-order valence-electron chi connectivity index (χ1n) is 7.21. The Labute approximate surface area is 136 Å². The smallest absolute Gasteiger partial charge is 0.335 e. The summed E-state index contributed by atoms with van der Waals surface area (Å²) in [6, 6.07) is 13.9. The summed E-state index contributed by atoms with van der Waals surface area (Å²) >= 11 is 0. The fourth-order valence-electron chi connectivity index (χ4n) is 2.24. The molecule has 2 rings (SSSR count). The van der Waals surface area contributed by atoms with Gasteiger partial charge < -0.3 is 5.11 Å².